The standard InChI is InChI=1S/C18H28N2/c1-20(2)18(12-7-13-18)14-19-17-11-6-4-9-15-8-3-5-10-16(15)17/h3,5,8,10,17,19H,4,6-7,9,11-14H2,1-2H3. The van der Waals surface area contributed by atoms with Crippen molar-refractivity contribution < 1.29 is 0 Å². The van der Waals surface area contributed by atoms with Crippen LogP contribution in [0.3, 0.4) is 0 Å². The SMILES string of the molecule is CN(C)C1(CNC2CCCCc3ccccc32)CCC1. The molecule has 1 saturated carbocycles. The molecule has 2 aliphatic rings. The lowest BCUT2D eigenvalue weighted by Crippen LogP contribution is -2.56. The molecule has 2 heteroatoms. The highest BCUT2D eigenvalue weighted by Gasteiger charge is 2.39. The lowest BCUT2D eigenvalue weighted by Gasteiger charge is -2.48. The van der Waals surface area contributed by atoms with Gasteiger partial charge in [-0.3, -0.25) is 0 Å². The van der Waals surface area contributed by atoms with E-state index in [1.165, 1.54) is 44.9 Å². The van der Waals surface area contributed by atoms with Crippen molar-refractivity contribution in [3.05, 3.63) is 35.4 Å². The Balaban J connectivity index is 1.71. The minimum Gasteiger partial charge on any atom is -0.308 e. The topological polar surface area (TPSA) is 15.3 Å². The van der Waals surface area contributed by atoms with Gasteiger partial charge in [0.2, 0.25) is 0 Å². The Hall–Kier alpha value is -0.860. The molecule has 0 aliphatic heterocycles. The minimum absolute atomic E-state index is 0.418. The normalized spacial score (nSPS) is 24.9. The van der Waals surface area contributed by atoms with Crippen molar-refractivity contribution >= 4 is 0 Å². The molecule has 2 nitrogen and oxygen atoms in total. The number of fused-ring (bicyclic) bond motifs is 1. The first kappa shape index (κ1) is 14.1. The molecule has 20 heavy (non-hydrogen) atoms. The number of aryl methyl sites for hydroxylation is 1. The van der Waals surface area contributed by atoms with Gasteiger partial charge in [-0.15, -0.1) is 0 Å². The molecule has 1 unspecified atom stereocenters. The second-order valence-corrected chi connectivity index (χ2v) is 6.85. The smallest absolute Gasteiger partial charge is 0.0328 e. The van der Waals surface area contributed by atoms with Crippen LogP contribution in [0.4, 0.5) is 0 Å². The van der Waals surface area contributed by atoms with E-state index in [4.69, 9.17) is 0 Å². The molecule has 1 N–H and O–H groups in total. The van der Waals surface area contributed by atoms with E-state index in [-0.39, 0.29) is 0 Å². The number of likely N-dealkylation sites (N-methyl/N-ethyl adjacent to an activating group) is 1. The first-order chi connectivity index (χ1) is 9.71. The van der Waals surface area contributed by atoms with Crippen LogP contribution in [0.5, 0.6) is 0 Å². The molecule has 1 fully saturated rings. The Bertz CT molecular complexity index is 448. The molecule has 0 amide bonds. The monoisotopic (exact) mass is 272 g/mol. The summed E-state index contributed by atoms with van der Waals surface area (Å²) >= 11 is 0. The van der Waals surface area contributed by atoms with Crippen LogP contribution < -0.4 is 5.32 Å². The van der Waals surface area contributed by atoms with Crippen LogP contribution in [-0.4, -0.2) is 31.1 Å². The van der Waals surface area contributed by atoms with E-state index >= 15 is 0 Å². The van der Waals surface area contributed by atoms with Gasteiger partial charge in [-0.25, -0.2) is 0 Å². The Kier molecular flexibility index (Phi) is 4.13. The second-order valence-electron chi connectivity index (χ2n) is 6.85. The molecule has 1 atom stereocenters. The van der Waals surface area contributed by atoms with Crippen LogP contribution in [-0.2, 0) is 6.42 Å². The number of nitrogens with zero attached hydrogens (tertiary/aromatic N) is 1. The molecule has 0 bridgehead atoms. The van der Waals surface area contributed by atoms with E-state index in [1.54, 1.807) is 11.1 Å². The maximum atomic E-state index is 3.90. The Morgan fingerprint density at radius 3 is 2.65 bits per heavy atom. The van der Waals surface area contributed by atoms with Gasteiger partial charge in [0, 0.05) is 18.1 Å². The fourth-order valence-electron chi connectivity index (χ4n) is 3.81. The first-order valence-corrected chi connectivity index (χ1v) is 8.20. The van der Waals surface area contributed by atoms with Crippen LogP contribution in [0.25, 0.3) is 0 Å². The Labute approximate surface area is 123 Å². The molecule has 1 aromatic rings. The van der Waals surface area contributed by atoms with Gasteiger partial charge in [0.1, 0.15) is 0 Å². The zero-order valence-electron chi connectivity index (χ0n) is 13.0. The number of benzene rings is 1. The van der Waals surface area contributed by atoms with Crippen molar-refractivity contribution in [2.75, 3.05) is 20.6 Å². The maximum absolute atomic E-state index is 3.90. The predicted octanol–water partition coefficient (Wildman–Crippen LogP) is 3.53. The fourth-order valence-corrected chi connectivity index (χ4v) is 3.81. The summed E-state index contributed by atoms with van der Waals surface area (Å²) in [7, 11) is 4.48. The van der Waals surface area contributed by atoms with E-state index in [0.717, 1.165) is 6.54 Å². The van der Waals surface area contributed by atoms with Crippen LogP contribution in [0, 0.1) is 0 Å². The summed E-state index contributed by atoms with van der Waals surface area (Å²) in [6, 6.07) is 9.60. The molecule has 0 heterocycles. The summed E-state index contributed by atoms with van der Waals surface area (Å²) < 4.78 is 0. The Morgan fingerprint density at radius 2 is 1.95 bits per heavy atom. The van der Waals surface area contributed by atoms with Crippen molar-refractivity contribution in [2.24, 2.45) is 0 Å². The molecule has 0 saturated heterocycles. The number of rotatable bonds is 4. The summed E-state index contributed by atoms with van der Waals surface area (Å²) in [5, 5.41) is 3.90. The Morgan fingerprint density at radius 1 is 1.15 bits per heavy atom. The molecule has 0 aromatic heterocycles. The van der Waals surface area contributed by atoms with E-state index in [0.29, 0.717) is 11.6 Å². The lowest BCUT2D eigenvalue weighted by atomic mass is 9.75. The van der Waals surface area contributed by atoms with E-state index in [9.17, 15) is 0 Å². The summed E-state index contributed by atoms with van der Waals surface area (Å²) in [5.74, 6) is 0. The fraction of sp³-hybridized carbons (Fsp3) is 0.667. The number of hydrogen-bond donors (Lipinski definition) is 1. The highest BCUT2D eigenvalue weighted by molar-refractivity contribution is 5.31. The second kappa shape index (κ2) is 5.87. The zero-order valence-corrected chi connectivity index (χ0v) is 13.0. The molecule has 1 aromatic carbocycles. The summed E-state index contributed by atoms with van der Waals surface area (Å²) in [4.78, 5) is 2.44. The number of nitrogens with one attached hydrogen (secondary N) is 1. The van der Waals surface area contributed by atoms with Gasteiger partial charge in [0.25, 0.3) is 0 Å². The lowest BCUT2D eigenvalue weighted by molar-refractivity contribution is 0.0567. The first-order valence-electron chi connectivity index (χ1n) is 8.20. The van der Waals surface area contributed by atoms with Gasteiger partial charge < -0.3 is 10.2 Å². The number of hydrogen-bond acceptors (Lipinski definition) is 2. The maximum Gasteiger partial charge on any atom is 0.0328 e. The average Bonchev–Trinajstić information content (AvgIpc) is 2.60. The van der Waals surface area contributed by atoms with Gasteiger partial charge in [-0.1, -0.05) is 30.7 Å². The molecular formula is C18H28N2. The van der Waals surface area contributed by atoms with Gasteiger partial charge in [-0.05, 0) is 63.7 Å². The summed E-state index contributed by atoms with van der Waals surface area (Å²) in [6.07, 6.45) is 9.33. The summed E-state index contributed by atoms with van der Waals surface area (Å²) in [6.45, 7) is 1.14. The van der Waals surface area contributed by atoms with E-state index in [2.05, 4.69) is 48.6 Å². The molecule has 110 valence electrons. The largest absolute Gasteiger partial charge is 0.308 e. The third-order valence-electron chi connectivity index (χ3n) is 5.53. The quantitative estimate of drug-likeness (QED) is 0.844. The van der Waals surface area contributed by atoms with Gasteiger partial charge in [-0.2, -0.15) is 0 Å². The van der Waals surface area contributed by atoms with Gasteiger partial charge >= 0.3 is 0 Å². The van der Waals surface area contributed by atoms with Crippen molar-refractivity contribution in [2.45, 2.75) is 56.5 Å². The zero-order chi connectivity index (χ0) is 14.0. The van der Waals surface area contributed by atoms with Gasteiger partial charge in [0.15, 0.2) is 0 Å². The van der Waals surface area contributed by atoms with Crippen molar-refractivity contribution in [1.82, 2.24) is 10.2 Å². The molecule has 0 radical (unpaired) electrons. The van der Waals surface area contributed by atoms with Crippen LogP contribution in [0.2, 0.25) is 0 Å². The van der Waals surface area contributed by atoms with Crippen molar-refractivity contribution in [3.8, 4) is 0 Å². The third-order valence-corrected chi connectivity index (χ3v) is 5.53. The highest BCUT2D eigenvalue weighted by atomic mass is 15.2. The molecule has 0 spiro atoms. The summed E-state index contributed by atoms with van der Waals surface area (Å²) in [5.41, 5.74) is 3.54. The average molecular weight is 272 g/mol. The van der Waals surface area contributed by atoms with Crippen LogP contribution >= 0.6 is 0 Å². The molecular weight excluding hydrogens is 244 g/mol. The van der Waals surface area contributed by atoms with Crippen LogP contribution in [0.1, 0.15) is 55.7 Å². The molecule has 2 aliphatic carbocycles. The van der Waals surface area contributed by atoms with Gasteiger partial charge in [0.05, 0.1) is 0 Å². The van der Waals surface area contributed by atoms with Crippen molar-refractivity contribution in [3.63, 3.8) is 0 Å². The third kappa shape index (κ3) is 2.64. The van der Waals surface area contributed by atoms with E-state index in [1.807, 2.05) is 0 Å². The molecule has 3 rings (SSSR count). The van der Waals surface area contributed by atoms with E-state index < -0.39 is 0 Å². The highest BCUT2D eigenvalue weighted by Crippen LogP contribution is 2.37. The minimum atomic E-state index is 0.418. The van der Waals surface area contributed by atoms with Crippen molar-refractivity contribution in [1.29, 1.82) is 0 Å². The predicted molar refractivity (Wildman–Crippen MR) is 85.0 cm³/mol. The van der Waals surface area contributed by atoms with Crippen LogP contribution in [0.15, 0.2) is 24.3 Å².